The summed E-state index contributed by atoms with van der Waals surface area (Å²) in [5.41, 5.74) is 6.54. The summed E-state index contributed by atoms with van der Waals surface area (Å²) >= 11 is 0. The van der Waals surface area contributed by atoms with Crippen molar-refractivity contribution in [1.82, 2.24) is 9.80 Å². The summed E-state index contributed by atoms with van der Waals surface area (Å²) < 4.78 is 0. The van der Waals surface area contributed by atoms with Crippen LogP contribution in [0.1, 0.15) is 56.0 Å². The Morgan fingerprint density at radius 2 is 1.86 bits per heavy atom. The number of hydrogen-bond donors (Lipinski definition) is 2. The summed E-state index contributed by atoms with van der Waals surface area (Å²) in [7, 11) is 0. The molecule has 1 aromatic carbocycles. The molecule has 7 heteroatoms. The van der Waals surface area contributed by atoms with E-state index in [1.54, 1.807) is 18.2 Å². The third-order valence-corrected chi connectivity index (χ3v) is 5.92. The molecular weight excluding hydrogens is 358 g/mol. The Balaban J connectivity index is 1.80. The first-order valence-corrected chi connectivity index (χ1v) is 9.70. The second-order valence-electron chi connectivity index (χ2n) is 9.10. The number of carbonyl (C=O) groups excluding carboxylic acids is 2. The molecule has 2 fully saturated rings. The lowest BCUT2D eigenvalue weighted by atomic mass is 9.82. The van der Waals surface area contributed by atoms with Gasteiger partial charge in [-0.2, -0.15) is 0 Å². The number of hydrogen-bond acceptors (Lipinski definition) is 3. The topological polar surface area (TPSA) is 104 Å². The van der Waals surface area contributed by atoms with E-state index in [9.17, 15) is 19.5 Å². The Hall–Kier alpha value is -2.57. The number of nitrogens with two attached hydrogens (primary N) is 1. The number of benzene rings is 1. The van der Waals surface area contributed by atoms with Gasteiger partial charge < -0.3 is 20.6 Å². The number of nitrogens with zero attached hydrogens (tertiary/aromatic N) is 2. The number of carboxylic acid groups (broad SMARTS) is 1. The fraction of sp³-hybridized carbons (Fsp3) is 0.571. The average Bonchev–Trinajstić information content (AvgIpc) is 3.40. The van der Waals surface area contributed by atoms with Crippen LogP contribution in [-0.2, 0) is 4.79 Å². The molecule has 4 unspecified atom stereocenters. The molecule has 3 rings (SSSR count). The molecule has 1 saturated heterocycles. The minimum absolute atomic E-state index is 0.0759. The first-order chi connectivity index (χ1) is 13.0. The molecule has 0 radical (unpaired) electrons. The van der Waals surface area contributed by atoms with Crippen LogP contribution in [0.4, 0.5) is 4.79 Å². The van der Waals surface area contributed by atoms with E-state index in [0.29, 0.717) is 18.7 Å². The van der Waals surface area contributed by atoms with Crippen molar-refractivity contribution >= 4 is 17.9 Å². The van der Waals surface area contributed by atoms with Crippen molar-refractivity contribution in [1.29, 1.82) is 0 Å². The van der Waals surface area contributed by atoms with Gasteiger partial charge in [0.05, 0.1) is 6.04 Å². The van der Waals surface area contributed by atoms with Gasteiger partial charge in [-0.3, -0.25) is 9.59 Å². The first kappa shape index (κ1) is 20.2. The molecule has 28 heavy (non-hydrogen) atoms. The largest absolute Gasteiger partial charge is 0.465 e. The van der Waals surface area contributed by atoms with Gasteiger partial charge in [-0.25, -0.2) is 4.79 Å². The van der Waals surface area contributed by atoms with Crippen LogP contribution in [0.2, 0.25) is 0 Å². The van der Waals surface area contributed by atoms with Crippen LogP contribution in [0.3, 0.4) is 0 Å². The van der Waals surface area contributed by atoms with Gasteiger partial charge in [0.1, 0.15) is 0 Å². The number of piperazine rings is 1. The Kier molecular flexibility index (Phi) is 5.12. The predicted octanol–water partition coefficient (Wildman–Crippen LogP) is 2.51. The van der Waals surface area contributed by atoms with Gasteiger partial charge in [-0.1, -0.05) is 32.9 Å². The Morgan fingerprint density at radius 1 is 1.18 bits per heavy atom. The molecule has 152 valence electrons. The number of carbonyl (C=O) groups is 3. The highest BCUT2D eigenvalue weighted by atomic mass is 16.4. The van der Waals surface area contributed by atoms with Crippen molar-refractivity contribution in [2.24, 2.45) is 17.1 Å². The zero-order chi connectivity index (χ0) is 20.8. The normalized spacial score (nSPS) is 27.4. The number of primary amides is 1. The van der Waals surface area contributed by atoms with Crippen LogP contribution in [0.25, 0.3) is 0 Å². The molecule has 0 aromatic heterocycles. The van der Waals surface area contributed by atoms with Gasteiger partial charge in [0, 0.05) is 30.6 Å². The van der Waals surface area contributed by atoms with Gasteiger partial charge in [0.2, 0.25) is 11.8 Å². The fourth-order valence-electron chi connectivity index (χ4n) is 4.25. The highest BCUT2D eigenvalue weighted by Gasteiger charge is 2.51. The third kappa shape index (κ3) is 3.84. The summed E-state index contributed by atoms with van der Waals surface area (Å²) in [6.45, 7) is 8.67. The van der Waals surface area contributed by atoms with Gasteiger partial charge in [0.25, 0.3) is 0 Å². The lowest BCUT2D eigenvalue weighted by molar-refractivity contribution is -0.144. The second kappa shape index (κ2) is 7.11. The third-order valence-electron chi connectivity index (χ3n) is 5.92. The van der Waals surface area contributed by atoms with E-state index in [1.807, 2.05) is 38.7 Å². The molecule has 1 aliphatic carbocycles. The fourth-order valence-corrected chi connectivity index (χ4v) is 4.25. The predicted molar refractivity (Wildman–Crippen MR) is 105 cm³/mol. The quantitative estimate of drug-likeness (QED) is 0.831. The zero-order valence-electron chi connectivity index (χ0n) is 16.9. The first-order valence-electron chi connectivity index (χ1n) is 9.70. The number of rotatable bonds is 3. The lowest BCUT2D eigenvalue weighted by Crippen LogP contribution is -2.64. The Labute approximate surface area is 165 Å². The molecule has 7 nitrogen and oxygen atoms in total. The van der Waals surface area contributed by atoms with Crippen LogP contribution in [0.5, 0.6) is 0 Å². The van der Waals surface area contributed by atoms with Crippen molar-refractivity contribution in [2.45, 2.75) is 52.1 Å². The smallest absolute Gasteiger partial charge is 0.407 e. The molecule has 4 atom stereocenters. The Morgan fingerprint density at radius 3 is 2.43 bits per heavy atom. The SMILES string of the molecule is CC1CN(C(=O)O)CC(C(C)(C)C)N1C(=O)C1CC1c1cccc(C(N)=O)c1. The van der Waals surface area contributed by atoms with Crippen LogP contribution in [0.15, 0.2) is 24.3 Å². The van der Waals surface area contributed by atoms with E-state index in [0.717, 1.165) is 12.0 Å². The van der Waals surface area contributed by atoms with Crippen molar-refractivity contribution in [2.75, 3.05) is 13.1 Å². The van der Waals surface area contributed by atoms with E-state index < -0.39 is 12.0 Å². The van der Waals surface area contributed by atoms with E-state index in [-0.39, 0.29) is 35.2 Å². The highest BCUT2D eigenvalue weighted by molar-refractivity contribution is 5.93. The maximum Gasteiger partial charge on any atom is 0.407 e. The van der Waals surface area contributed by atoms with Gasteiger partial charge in [0.15, 0.2) is 0 Å². The summed E-state index contributed by atoms with van der Waals surface area (Å²) in [5.74, 6) is -0.451. The van der Waals surface area contributed by atoms with Crippen LogP contribution >= 0.6 is 0 Å². The molecule has 1 aromatic rings. The number of amides is 3. The monoisotopic (exact) mass is 387 g/mol. The summed E-state index contributed by atoms with van der Waals surface area (Å²) in [5, 5.41) is 9.43. The van der Waals surface area contributed by atoms with E-state index >= 15 is 0 Å². The summed E-state index contributed by atoms with van der Waals surface area (Å²) in [4.78, 5) is 39.6. The van der Waals surface area contributed by atoms with Gasteiger partial charge in [-0.05, 0) is 42.4 Å². The zero-order valence-corrected chi connectivity index (χ0v) is 16.9. The maximum atomic E-state index is 13.4. The molecule has 0 spiro atoms. The Bertz CT molecular complexity index is 801. The average molecular weight is 387 g/mol. The summed E-state index contributed by atoms with van der Waals surface area (Å²) in [6, 6.07) is 6.80. The minimum atomic E-state index is -0.944. The van der Waals surface area contributed by atoms with Crippen LogP contribution in [0, 0.1) is 11.3 Å². The van der Waals surface area contributed by atoms with Crippen LogP contribution in [-0.4, -0.2) is 58.0 Å². The molecule has 1 saturated carbocycles. The summed E-state index contributed by atoms with van der Waals surface area (Å²) in [6.07, 6.45) is -0.204. The standard InChI is InChI=1S/C21H29N3O4/c1-12-10-23(20(27)28)11-17(21(2,3)4)24(12)19(26)16-9-15(16)13-6-5-7-14(8-13)18(22)25/h5-8,12,15-17H,9-11H2,1-4H3,(H2,22,25)(H,27,28). The van der Waals surface area contributed by atoms with Crippen molar-refractivity contribution in [3.8, 4) is 0 Å². The minimum Gasteiger partial charge on any atom is -0.465 e. The molecular formula is C21H29N3O4. The second-order valence-corrected chi connectivity index (χ2v) is 9.10. The van der Waals surface area contributed by atoms with Crippen molar-refractivity contribution in [3.05, 3.63) is 35.4 Å². The molecule has 3 amide bonds. The molecule has 0 bridgehead atoms. The van der Waals surface area contributed by atoms with Gasteiger partial charge in [-0.15, -0.1) is 0 Å². The highest BCUT2D eigenvalue weighted by Crippen LogP contribution is 2.50. The van der Waals surface area contributed by atoms with Crippen LogP contribution < -0.4 is 5.73 Å². The molecule has 1 heterocycles. The van der Waals surface area contributed by atoms with Crippen molar-refractivity contribution in [3.63, 3.8) is 0 Å². The molecule has 2 aliphatic rings. The van der Waals surface area contributed by atoms with Gasteiger partial charge >= 0.3 is 6.09 Å². The van der Waals surface area contributed by atoms with E-state index in [2.05, 4.69) is 0 Å². The maximum absolute atomic E-state index is 13.4. The van der Waals surface area contributed by atoms with Crippen molar-refractivity contribution < 1.29 is 19.5 Å². The van der Waals surface area contributed by atoms with E-state index in [4.69, 9.17) is 5.73 Å². The molecule has 1 aliphatic heterocycles. The lowest BCUT2D eigenvalue weighted by Gasteiger charge is -2.50. The van der Waals surface area contributed by atoms with E-state index in [1.165, 1.54) is 4.90 Å². The molecule has 3 N–H and O–H groups in total.